The lowest BCUT2D eigenvalue weighted by atomic mass is 9.73. The molecule has 0 spiro atoms. The van der Waals surface area contributed by atoms with E-state index in [1.807, 2.05) is 0 Å². The summed E-state index contributed by atoms with van der Waals surface area (Å²) in [6, 6.07) is 8.25. The number of aryl methyl sites for hydroxylation is 2. The number of sulfonamides is 1. The van der Waals surface area contributed by atoms with Gasteiger partial charge in [-0.3, -0.25) is 10.1 Å². The van der Waals surface area contributed by atoms with E-state index in [2.05, 4.69) is 4.72 Å². The predicted molar refractivity (Wildman–Crippen MR) is 94.8 cm³/mol. The van der Waals surface area contributed by atoms with Crippen molar-refractivity contribution in [3.05, 3.63) is 69.0 Å². The van der Waals surface area contributed by atoms with Crippen molar-refractivity contribution in [3.8, 4) is 0 Å². The molecule has 138 valence electrons. The van der Waals surface area contributed by atoms with Crippen molar-refractivity contribution in [2.24, 2.45) is 0 Å². The van der Waals surface area contributed by atoms with Crippen LogP contribution in [-0.2, 0) is 15.6 Å². The third-order valence-electron chi connectivity index (χ3n) is 5.00. The molecule has 6 nitrogen and oxygen atoms in total. The normalized spacial score (nSPS) is 16.1. The molecule has 2 aromatic carbocycles. The molecule has 0 aliphatic heterocycles. The smallest absolute Gasteiger partial charge is 0.258 e. The van der Waals surface area contributed by atoms with Crippen LogP contribution in [0.2, 0.25) is 0 Å². The number of hydrogen-bond donors (Lipinski definition) is 1. The van der Waals surface area contributed by atoms with Gasteiger partial charge in [0.1, 0.15) is 5.82 Å². The highest BCUT2D eigenvalue weighted by Gasteiger charge is 2.43. The highest BCUT2D eigenvalue weighted by Crippen LogP contribution is 2.43. The van der Waals surface area contributed by atoms with Gasteiger partial charge in [-0.05, 0) is 68.0 Å². The van der Waals surface area contributed by atoms with Gasteiger partial charge in [0.15, 0.2) is 4.90 Å². The van der Waals surface area contributed by atoms with Gasteiger partial charge in [0.25, 0.3) is 5.69 Å². The monoisotopic (exact) mass is 378 g/mol. The molecule has 0 amide bonds. The molecule has 0 heterocycles. The maximum absolute atomic E-state index is 13.2. The standard InChI is InChI=1S/C18H19FN2O4S/c1-12-10-16(21(22)23)17(11-13(12)2)26(24,25)20-18(8-3-9-18)14-4-6-15(19)7-5-14/h4-7,10-11,20H,3,8-9H2,1-2H3. The molecule has 1 fully saturated rings. The Morgan fingerprint density at radius 1 is 1.12 bits per heavy atom. The zero-order valence-electron chi connectivity index (χ0n) is 14.5. The number of nitro benzene ring substituents is 1. The Morgan fingerprint density at radius 3 is 2.19 bits per heavy atom. The van der Waals surface area contributed by atoms with Gasteiger partial charge in [0.2, 0.25) is 10.0 Å². The number of nitrogens with zero attached hydrogens (tertiary/aromatic N) is 1. The van der Waals surface area contributed by atoms with Gasteiger partial charge in [-0.2, -0.15) is 0 Å². The van der Waals surface area contributed by atoms with Gasteiger partial charge < -0.3 is 0 Å². The van der Waals surface area contributed by atoms with E-state index in [1.54, 1.807) is 26.0 Å². The van der Waals surface area contributed by atoms with E-state index in [0.717, 1.165) is 6.42 Å². The Kier molecular flexibility index (Phi) is 4.58. The zero-order chi connectivity index (χ0) is 19.1. The molecular weight excluding hydrogens is 359 g/mol. The number of halogens is 1. The van der Waals surface area contributed by atoms with E-state index in [4.69, 9.17) is 0 Å². The summed E-state index contributed by atoms with van der Waals surface area (Å²) in [6.45, 7) is 3.40. The first-order valence-electron chi connectivity index (χ1n) is 8.20. The first kappa shape index (κ1) is 18.5. The van der Waals surface area contributed by atoms with Crippen LogP contribution in [0.4, 0.5) is 10.1 Å². The SMILES string of the molecule is Cc1cc([N+](=O)[O-])c(S(=O)(=O)NC2(c3ccc(F)cc3)CCC2)cc1C. The van der Waals surface area contributed by atoms with E-state index in [-0.39, 0.29) is 4.90 Å². The first-order chi connectivity index (χ1) is 12.1. The summed E-state index contributed by atoms with van der Waals surface area (Å²) in [5, 5.41) is 11.4. The summed E-state index contributed by atoms with van der Waals surface area (Å²) in [5.41, 5.74) is 0.640. The molecule has 0 saturated heterocycles. The maximum atomic E-state index is 13.2. The molecule has 26 heavy (non-hydrogen) atoms. The van der Waals surface area contributed by atoms with E-state index in [0.29, 0.717) is 29.5 Å². The Morgan fingerprint density at radius 2 is 1.69 bits per heavy atom. The molecule has 0 aromatic heterocycles. The molecule has 0 radical (unpaired) electrons. The molecule has 1 aliphatic rings. The van der Waals surface area contributed by atoms with Crippen LogP contribution < -0.4 is 4.72 Å². The minimum Gasteiger partial charge on any atom is -0.258 e. The van der Waals surface area contributed by atoms with Crippen LogP contribution in [0.1, 0.15) is 36.0 Å². The van der Waals surface area contributed by atoms with Crippen LogP contribution in [0.3, 0.4) is 0 Å². The fourth-order valence-corrected chi connectivity index (χ4v) is 4.88. The fourth-order valence-electron chi connectivity index (χ4n) is 3.19. The van der Waals surface area contributed by atoms with E-state index < -0.39 is 32.0 Å². The molecule has 3 rings (SSSR count). The average Bonchev–Trinajstić information content (AvgIpc) is 2.54. The molecule has 1 aliphatic carbocycles. The van der Waals surface area contributed by atoms with Crippen molar-refractivity contribution < 1.29 is 17.7 Å². The Hall–Kier alpha value is -2.32. The second-order valence-electron chi connectivity index (χ2n) is 6.71. The van der Waals surface area contributed by atoms with Crippen LogP contribution in [0.25, 0.3) is 0 Å². The third kappa shape index (κ3) is 3.22. The number of rotatable bonds is 5. The number of nitrogens with one attached hydrogen (secondary N) is 1. The molecule has 8 heteroatoms. The van der Waals surface area contributed by atoms with Gasteiger partial charge >= 0.3 is 0 Å². The van der Waals surface area contributed by atoms with Crippen molar-refractivity contribution in [1.82, 2.24) is 4.72 Å². The number of nitro groups is 1. The molecule has 0 bridgehead atoms. The molecule has 2 aromatic rings. The fraction of sp³-hybridized carbons (Fsp3) is 0.333. The Balaban J connectivity index is 2.05. The molecular formula is C18H19FN2O4S. The van der Waals surface area contributed by atoms with Crippen LogP contribution in [0, 0.1) is 29.8 Å². The summed E-state index contributed by atoms with van der Waals surface area (Å²) in [5.74, 6) is -0.407. The first-order valence-corrected chi connectivity index (χ1v) is 9.69. The van der Waals surface area contributed by atoms with Gasteiger partial charge in [-0.15, -0.1) is 0 Å². The summed E-state index contributed by atoms with van der Waals surface area (Å²) in [4.78, 5) is 10.3. The van der Waals surface area contributed by atoms with E-state index in [9.17, 15) is 22.9 Å². The third-order valence-corrected chi connectivity index (χ3v) is 6.56. The summed E-state index contributed by atoms with van der Waals surface area (Å²) >= 11 is 0. The highest BCUT2D eigenvalue weighted by molar-refractivity contribution is 7.89. The van der Waals surface area contributed by atoms with Gasteiger partial charge in [0.05, 0.1) is 10.5 Å². The second-order valence-corrected chi connectivity index (χ2v) is 8.36. The minimum atomic E-state index is -4.14. The topological polar surface area (TPSA) is 89.3 Å². The maximum Gasteiger partial charge on any atom is 0.289 e. The summed E-state index contributed by atoms with van der Waals surface area (Å²) in [6.07, 6.45) is 1.92. The lowest BCUT2D eigenvalue weighted by molar-refractivity contribution is -0.387. The predicted octanol–water partition coefficient (Wildman–Crippen LogP) is 3.71. The number of hydrogen-bond acceptors (Lipinski definition) is 4. The van der Waals surface area contributed by atoms with Crippen LogP contribution in [0.15, 0.2) is 41.3 Å². The van der Waals surface area contributed by atoms with Crippen molar-refractivity contribution in [2.75, 3.05) is 0 Å². The zero-order valence-corrected chi connectivity index (χ0v) is 15.3. The Labute approximate surface area is 151 Å². The lowest BCUT2D eigenvalue weighted by Gasteiger charge is -2.42. The average molecular weight is 378 g/mol. The number of benzene rings is 2. The molecule has 1 saturated carbocycles. The molecule has 1 N–H and O–H groups in total. The molecule has 0 atom stereocenters. The Bertz CT molecular complexity index is 967. The summed E-state index contributed by atoms with van der Waals surface area (Å²) in [7, 11) is -4.14. The lowest BCUT2D eigenvalue weighted by Crippen LogP contribution is -2.50. The molecule has 0 unspecified atom stereocenters. The second kappa shape index (κ2) is 6.44. The van der Waals surface area contributed by atoms with Crippen molar-refractivity contribution >= 4 is 15.7 Å². The quantitative estimate of drug-likeness (QED) is 0.634. The van der Waals surface area contributed by atoms with Crippen molar-refractivity contribution in [1.29, 1.82) is 0 Å². The van der Waals surface area contributed by atoms with Gasteiger partial charge in [0, 0.05) is 6.07 Å². The van der Waals surface area contributed by atoms with E-state index >= 15 is 0 Å². The van der Waals surface area contributed by atoms with Crippen LogP contribution in [0.5, 0.6) is 0 Å². The summed E-state index contributed by atoms with van der Waals surface area (Å²) < 4.78 is 41.8. The van der Waals surface area contributed by atoms with Crippen LogP contribution >= 0.6 is 0 Å². The van der Waals surface area contributed by atoms with Crippen molar-refractivity contribution in [3.63, 3.8) is 0 Å². The highest BCUT2D eigenvalue weighted by atomic mass is 32.2. The van der Waals surface area contributed by atoms with Gasteiger partial charge in [-0.25, -0.2) is 17.5 Å². The van der Waals surface area contributed by atoms with Crippen molar-refractivity contribution in [2.45, 2.75) is 43.5 Å². The largest absolute Gasteiger partial charge is 0.289 e. The minimum absolute atomic E-state index is 0.348. The van der Waals surface area contributed by atoms with E-state index in [1.165, 1.54) is 24.3 Å². The van der Waals surface area contributed by atoms with Crippen LogP contribution in [-0.4, -0.2) is 13.3 Å². The van der Waals surface area contributed by atoms with Gasteiger partial charge in [-0.1, -0.05) is 12.1 Å².